The molecule has 2 nitrogen and oxygen atoms in total. The van der Waals surface area contributed by atoms with Gasteiger partial charge in [-0.15, -0.1) is 0 Å². The third-order valence-corrected chi connectivity index (χ3v) is 2.03. The van der Waals surface area contributed by atoms with Gasteiger partial charge in [-0.1, -0.05) is 50.2 Å². The van der Waals surface area contributed by atoms with Crippen LogP contribution >= 0.6 is 0 Å². The number of rotatable bonds is 0. The first-order valence-electron chi connectivity index (χ1n) is 5.65. The standard InChI is InChI=1S/C6H6.C5H11NO.C2H6/c1-2-4-6-5-3-1;1-6-3-2-5(7)4-6;1-2/h1-6H;5,7H,2-4H2,1H3;1-2H3. The maximum atomic E-state index is 8.86. The molecular weight excluding hydrogens is 186 g/mol. The van der Waals surface area contributed by atoms with Crippen molar-refractivity contribution in [1.29, 1.82) is 0 Å². The first-order valence-corrected chi connectivity index (χ1v) is 5.65. The van der Waals surface area contributed by atoms with Crippen molar-refractivity contribution in [3.8, 4) is 0 Å². The summed E-state index contributed by atoms with van der Waals surface area (Å²) in [4.78, 5) is 2.13. The molecule has 0 radical (unpaired) electrons. The smallest absolute Gasteiger partial charge is 0.0679 e. The molecule has 0 aliphatic carbocycles. The zero-order valence-electron chi connectivity index (χ0n) is 10.1. The van der Waals surface area contributed by atoms with Crippen LogP contribution in [0, 0.1) is 0 Å². The summed E-state index contributed by atoms with van der Waals surface area (Å²) in [5.74, 6) is 0. The van der Waals surface area contributed by atoms with Gasteiger partial charge in [0, 0.05) is 13.1 Å². The molecule has 1 heterocycles. The molecule has 1 saturated heterocycles. The van der Waals surface area contributed by atoms with Gasteiger partial charge < -0.3 is 10.0 Å². The Bertz CT molecular complexity index is 178. The number of aliphatic hydroxyl groups is 1. The summed E-state index contributed by atoms with van der Waals surface area (Å²) in [5, 5.41) is 8.86. The minimum atomic E-state index is -0.0509. The van der Waals surface area contributed by atoms with Crippen molar-refractivity contribution in [3.05, 3.63) is 36.4 Å². The number of hydrogen-bond donors (Lipinski definition) is 1. The van der Waals surface area contributed by atoms with Gasteiger partial charge in [0.2, 0.25) is 0 Å². The van der Waals surface area contributed by atoms with E-state index in [1.54, 1.807) is 0 Å². The lowest BCUT2D eigenvalue weighted by Gasteiger charge is -2.02. The molecule has 15 heavy (non-hydrogen) atoms. The van der Waals surface area contributed by atoms with Gasteiger partial charge >= 0.3 is 0 Å². The third-order valence-electron chi connectivity index (χ3n) is 2.03. The lowest BCUT2D eigenvalue weighted by atomic mass is 10.3. The van der Waals surface area contributed by atoms with E-state index in [2.05, 4.69) is 4.90 Å². The molecule has 2 heteroatoms. The van der Waals surface area contributed by atoms with E-state index in [9.17, 15) is 0 Å². The molecular formula is C13H23NO. The largest absolute Gasteiger partial charge is 0.392 e. The van der Waals surface area contributed by atoms with Crippen LogP contribution in [-0.2, 0) is 0 Å². The third kappa shape index (κ3) is 8.16. The van der Waals surface area contributed by atoms with Crippen LogP contribution in [0.15, 0.2) is 36.4 Å². The molecule has 0 saturated carbocycles. The molecule has 1 aromatic carbocycles. The highest BCUT2D eigenvalue weighted by Gasteiger charge is 2.15. The van der Waals surface area contributed by atoms with Gasteiger partial charge in [-0.05, 0) is 13.5 Å². The van der Waals surface area contributed by atoms with Gasteiger partial charge in [0.25, 0.3) is 0 Å². The van der Waals surface area contributed by atoms with E-state index in [1.165, 1.54) is 0 Å². The zero-order chi connectivity index (χ0) is 11.5. The Kier molecular flexibility index (Phi) is 9.13. The first kappa shape index (κ1) is 14.1. The maximum Gasteiger partial charge on any atom is 0.0679 e. The zero-order valence-corrected chi connectivity index (χ0v) is 10.1. The fraction of sp³-hybridized carbons (Fsp3) is 0.538. The van der Waals surface area contributed by atoms with Crippen LogP contribution in [0.1, 0.15) is 20.3 Å². The molecule has 1 fully saturated rings. The molecule has 1 aromatic rings. The van der Waals surface area contributed by atoms with Gasteiger partial charge in [0.05, 0.1) is 6.10 Å². The Hall–Kier alpha value is -0.860. The lowest BCUT2D eigenvalue weighted by Crippen LogP contribution is -2.15. The molecule has 86 valence electrons. The van der Waals surface area contributed by atoms with Crippen LogP contribution in [0.3, 0.4) is 0 Å². The van der Waals surface area contributed by atoms with Crippen LogP contribution in [0.5, 0.6) is 0 Å². The molecule has 1 N–H and O–H groups in total. The molecule has 0 aromatic heterocycles. The summed E-state index contributed by atoms with van der Waals surface area (Å²) in [5.41, 5.74) is 0. The van der Waals surface area contributed by atoms with Crippen molar-refractivity contribution in [2.45, 2.75) is 26.4 Å². The Morgan fingerprint density at radius 3 is 1.53 bits per heavy atom. The number of hydrogen-bond acceptors (Lipinski definition) is 2. The van der Waals surface area contributed by atoms with Gasteiger partial charge in [-0.3, -0.25) is 0 Å². The van der Waals surface area contributed by atoms with Crippen molar-refractivity contribution in [1.82, 2.24) is 4.90 Å². The summed E-state index contributed by atoms with van der Waals surface area (Å²) in [6.45, 7) is 5.92. The van der Waals surface area contributed by atoms with Gasteiger partial charge in [0.1, 0.15) is 0 Å². The highest BCUT2D eigenvalue weighted by atomic mass is 16.3. The first-order chi connectivity index (χ1) is 7.29. The average Bonchev–Trinajstić information content (AvgIpc) is 2.69. The Morgan fingerprint density at radius 2 is 1.40 bits per heavy atom. The number of aliphatic hydroxyl groups excluding tert-OH is 1. The second-order valence-corrected chi connectivity index (χ2v) is 3.36. The Morgan fingerprint density at radius 1 is 1.00 bits per heavy atom. The predicted molar refractivity (Wildman–Crippen MR) is 65.9 cm³/mol. The maximum absolute atomic E-state index is 8.86. The second-order valence-electron chi connectivity index (χ2n) is 3.36. The molecule has 0 amide bonds. The molecule has 0 spiro atoms. The number of β-amino-alcohol motifs (C(OH)–C–C–N with tert-alkyl or cyclic N) is 1. The fourth-order valence-corrected chi connectivity index (χ4v) is 1.30. The normalized spacial score (nSPS) is 19.6. The van der Waals surface area contributed by atoms with Gasteiger partial charge in [-0.25, -0.2) is 0 Å². The summed E-state index contributed by atoms with van der Waals surface area (Å²) < 4.78 is 0. The Labute approximate surface area is 93.5 Å². The van der Waals surface area contributed by atoms with Crippen molar-refractivity contribution in [2.75, 3.05) is 20.1 Å². The number of nitrogens with zero attached hydrogens (tertiary/aromatic N) is 1. The molecule has 1 atom stereocenters. The lowest BCUT2D eigenvalue weighted by molar-refractivity contribution is 0.183. The molecule has 1 aliphatic rings. The highest BCUT2D eigenvalue weighted by Crippen LogP contribution is 2.03. The van der Waals surface area contributed by atoms with Crippen molar-refractivity contribution >= 4 is 0 Å². The number of benzene rings is 1. The summed E-state index contributed by atoms with van der Waals surface area (Å²) in [6, 6.07) is 12.0. The summed E-state index contributed by atoms with van der Waals surface area (Å²) >= 11 is 0. The highest BCUT2D eigenvalue weighted by molar-refractivity contribution is 4.99. The number of likely N-dealkylation sites (N-methyl/N-ethyl adjacent to an activating group) is 1. The van der Waals surface area contributed by atoms with Crippen molar-refractivity contribution in [2.24, 2.45) is 0 Å². The topological polar surface area (TPSA) is 23.5 Å². The minimum absolute atomic E-state index is 0.0509. The molecule has 2 rings (SSSR count). The van der Waals surface area contributed by atoms with E-state index in [0.717, 1.165) is 19.5 Å². The van der Waals surface area contributed by atoms with E-state index in [4.69, 9.17) is 5.11 Å². The van der Waals surface area contributed by atoms with E-state index >= 15 is 0 Å². The van der Waals surface area contributed by atoms with E-state index < -0.39 is 0 Å². The SMILES string of the molecule is CC.CN1CCC(O)C1.c1ccccc1. The molecule has 0 bridgehead atoms. The van der Waals surface area contributed by atoms with E-state index in [1.807, 2.05) is 57.3 Å². The Balaban J connectivity index is 0.000000227. The van der Waals surface area contributed by atoms with Crippen LogP contribution in [0.25, 0.3) is 0 Å². The van der Waals surface area contributed by atoms with Crippen LogP contribution in [-0.4, -0.2) is 36.2 Å². The van der Waals surface area contributed by atoms with Gasteiger partial charge in [-0.2, -0.15) is 0 Å². The van der Waals surface area contributed by atoms with Crippen LogP contribution in [0.2, 0.25) is 0 Å². The predicted octanol–water partition coefficient (Wildman–Crippen LogP) is 2.40. The fourth-order valence-electron chi connectivity index (χ4n) is 1.30. The average molecular weight is 209 g/mol. The van der Waals surface area contributed by atoms with E-state index in [-0.39, 0.29) is 6.10 Å². The van der Waals surface area contributed by atoms with Crippen LogP contribution in [0.4, 0.5) is 0 Å². The van der Waals surface area contributed by atoms with Crippen molar-refractivity contribution in [3.63, 3.8) is 0 Å². The van der Waals surface area contributed by atoms with E-state index in [0.29, 0.717) is 0 Å². The van der Waals surface area contributed by atoms with Crippen LogP contribution < -0.4 is 0 Å². The monoisotopic (exact) mass is 209 g/mol. The molecule has 1 aliphatic heterocycles. The van der Waals surface area contributed by atoms with Gasteiger partial charge in [0.15, 0.2) is 0 Å². The summed E-state index contributed by atoms with van der Waals surface area (Å²) in [6.07, 6.45) is 0.904. The van der Waals surface area contributed by atoms with Crippen molar-refractivity contribution < 1.29 is 5.11 Å². The summed E-state index contributed by atoms with van der Waals surface area (Å²) in [7, 11) is 2.02. The quantitative estimate of drug-likeness (QED) is 0.709. The molecule has 1 unspecified atom stereocenters. The second kappa shape index (κ2) is 9.69. The minimum Gasteiger partial charge on any atom is -0.392 e. The number of likely N-dealkylation sites (tertiary alicyclic amines) is 1.